The second kappa shape index (κ2) is 6.08. The van der Waals surface area contributed by atoms with E-state index < -0.39 is 0 Å². The van der Waals surface area contributed by atoms with E-state index in [0.717, 1.165) is 28.7 Å². The van der Waals surface area contributed by atoms with Crippen LogP contribution in [0.25, 0.3) is 22.3 Å². The molecule has 3 aromatic rings. The standard InChI is InChI=1S/C16H21N5.H2/c1-3-5-6-13(4-2)21-10-12(9-20-21)15-14-7-8-17-16(14)19-11-18-15;/h7-11,13H,3-6H2,1-2H3,(H,17,18,19);1H. The topological polar surface area (TPSA) is 59.4 Å². The van der Waals surface area contributed by atoms with E-state index in [1.807, 2.05) is 18.5 Å². The molecule has 1 unspecified atom stereocenters. The zero-order chi connectivity index (χ0) is 14.7. The van der Waals surface area contributed by atoms with Gasteiger partial charge in [-0.3, -0.25) is 4.68 Å². The van der Waals surface area contributed by atoms with E-state index in [1.54, 1.807) is 6.33 Å². The van der Waals surface area contributed by atoms with Crippen molar-refractivity contribution in [2.24, 2.45) is 0 Å². The lowest BCUT2D eigenvalue weighted by Gasteiger charge is -2.14. The first-order valence-electron chi connectivity index (χ1n) is 7.66. The maximum absolute atomic E-state index is 4.55. The molecule has 0 saturated carbocycles. The van der Waals surface area contributed by atoms with Gasteiger partial charge in [-0.2, -0.15) is 5.10 Å². The van der Waals surface area contributed by atoms with Crippen LogP contribution in [0.5, 0.6) is 0 Å². The van der Waals surface area contributed by atoms with Crippen molar-refractivity contribution in [3.8, 4) is 11.3 Å². The van der Waals surface area contributed by atoms with Gasteiger partial charge >= 0.3 is 0 Å². The summed E-state index contributed by atoms with van der Waals surface area (Å²) in [4.78, 5) is 11.8. The predicted octanol–water partition coefficient (Wildman–Crippen LogP) is 4.21. The number of unbranched alkanes of at least 4 members (excludes halogenated alkanes) is 1. The van der Waals surface area contributed by atoms with E-state index in [2.05, 4.69) is 44.8 Å². The van der Waals surface area contributed by atoms with Crippen molar-refractivity contribution < 1.29 is 1.43 Å². The van der Waals surface area contributed by atoms with Gasteiger partial charge in [-0.25, -0.2) is 9.97 Å². The van der Waals surface area contributed by atoms with Gasteiger partial charge in [0.15, 0.2) is 0 Å². The fourth-order valence-corrected chi connectivity index (χ4v) is 2.73. The fraction of sp³-hybridized carbons (Fsp3) is 0.438. The average molecular weight is 285 g/mol. The normalized spacial score (nSPS) is 12.9. The molecular formula is C16H23N5. The van der Waals surface area contributed by atoms with Crippen LogP contribution in [0.2, 0.25) is 0 Å². The largest absolute Gasteiger partial charge is 0.346 e. The van der Waals surface area contributed by atoms with Gasteiger partial charge in [0, 0.05) is 24.8 Å². The Morgan fingerprint density at radius 1 is 1.33 bits per heavy atom. The Morgan fingerprint density at radius 2 is 2.24 bits per heavy atom. The zero-order valence-corrected chi connectivity index (χ0v) is 12.6. The van der Waals surface area contributed by atoms with Crippen LogP contribution in [0.3, 0.4) is 0 Å². The lowest BCUT2D eigenvalue weighted by Crippen LogP contribution is -2.08. The Bertz CT molecular complexity index is 718. The summed E-state index contributed by atoms with van der Waals surface area (Å²) in [6.45, 7) is 4.45. The molecule has 5 heteroatoms. The maximum Gasteiger partial charge on any atom is 0.141 e. The Morgan fingerprint density at radius 3 is 3.05 bits per heavy atom. The third-order valence-corrected chi connectivity index (χ3v) is 3.97. The molecule has 5 nitrogen and oxygen atoms in total. The highest BCUT2D eigenvalue weighted by molar-refractivity contribution is 5.89. The van der Waals surface area contributed by atoms with E-state index in [9.17, 15) is 0 Å². The molecule has 1 N–H and O–H groups in total. The molecule has 0 aliphatic rings. The summed E-state index contributed by atoms with van der Waals surface area (Å²) >= 11 is 0. The molecule has 1 atom stereocenters. The maximum atomic E-state index is 4.55. The number of hydrogen-bond acceptors (Lipinski definition) is 3. The van der Waals surface area contributed by atoms with Crippen LogP contribution in [0, 0.1) is 0 Å². The number of nitrogens with zero attached hydrogens (tertiary/aromatic N) is 4. The van der Waals surface area contributed by atoms with Crippen molar-refractivity contribution in [1.82, 2.24) is 24.7 Å². The summed E-state index contributed by atoms with van der Waals surface area (Å²) < 4.78 is 2.09. The van der Waals surface area contributed by atoms with Crippen LogP contribution in [0.15, 0.2) is 31.0 Å². The summed E-state index contributed by atoms with van der Waals surface area (Å²) in [5, 5.41) is 5.59. The van der Waals surface area contributed by atoms with Crippen molar-refractivity contribution in [3.05, 3.63) is 31.0 Å². The molecule has 21 heavy (non-hydrogen) atoms. The van der Waals surface area contributed by atoms with Crippen molar-refractivity contribution in [2.45, 2.75) is 45.6 Å². The smallest absolute Gasteiger partial charge is 0.141 e. The first-order chi connectivity index (χ1) is 10.3. The monoisotopic (exact) mass is 285 g/mol. The minimum Gasteiger partial charge on any atom is -0.346 e. The summed E-state index contributed by atoms with van der Waals surface area (Å²) in [6.07, 6.45) is 12.2. The first-order valence-corrected chi connectivity index (χ1v) is 7.66. The number of aromatic nitrogens is 5. The van der Waals surface area contributed by atoms with Crippen molar-refractivity contribution in [3.63, 3.8) is 0 Å². The molecule has 112 valence electrons. The molecule has 0 aliphatic carbocycles. The van der Waals surface area contributed by atoms with Gasteiger partial charge in [-0.15, -0.1) is 0 Å². The number of hydrogen-bond donors (Lipinski definition) is 1. The molecule has 0 fully saturated rings. The van der Waals surface area contributed by atoms with Gasteiger partial charge in [0.2, 0.25) is 0 Å². The first kappa shape index (κ1) is 13.8. The lowest BCUT2D eigenvalue weighted by molar-refractivity contribution is 0.401. The van der Waals surface area contributed by atoms with Gasteiger partial charge < -0.3 is 4.98 Å². The Labute approximate surface area is 125 Å². The number of fused-ring (bicyclic) bond motifs is 1. The van der Waals surface area contributed by atoms with Gasteiger partial charge in [0.05, 0.1) is 17.9 Å². The van der Waals surface area contributed by atoms with Crippen LogP contribution in [-0.2, 0) is 0 Å². The fourth-order valence-electron chi connectivity index (χ4n) is 2.73. The lowest BCUT2D eigenvalue weighted by atomic mass is 10.1. The summed E-state index contributed by atoms with van der Waals surface area (Å²) in [5.74, 6) is 0. The average Bonchev–Trinajstić information content (AvgIpc) is 3.16. The van der Waals surface area contributed by atoms with E-state index in [-0.39, 0.29) is 1.43 Å². The third-order valence-electron chi connectivity index (χ3n) is 3.97. The predicted molar refractivity (Wildman–Crippen MR) is 86.1 cm³/mol. The quantitative estimate of drug-likeness (QED) is 0.738. The van der Waals surface area contributed by atoms with Crippen LogP contribution in [-0.4, -0.2) is 24.7 Å². The number of rotatable bonds is 6. The number of nitrogens with one attached hydrogen (secondary N) is 1. The summed E-state index contributed by atoms with van der Waals surface area (Å²) in [7, 11) is 0. The van der Waals surface area contributed by atoms with E-state index >= 15 is 0 Å². The third kappa shape index (κ3) is 2.68. The van der Waals surface area contributed by atoms with Gasteiger partial charge in [0.1, 0.15) is 12.0 Å². The number of H-pyrrole nitrogens is 1. The van der Waals surface area contributed by atoms with Crippen LogP contribution in [0.4, 0.5) is 0 Å². The van der Waals surface area contributed by atoms with Crippen LogP contribution in [0.1, 0.15) is 47.0 Å². The van der Waals surface area contributed by atoms with E-state index in [4.69, 9.17) is 0 Å². The van der Waals surface area contributed by atoms with Crippen molar-refractivity contribution in [1.29, 1.82) is 0 Å². The molecule has 3 heterocycles. The van der Waals surface area contributed by atoms with Crippen LogP contribution < -0.4 is 0 Å². The van der Waals surface area contributed by atoms with Gasteiger partial charge in [0.25, 0.3) is 0 Å². The van der Waals surface area contributed by atoms with Gasteiger partial charge in [-0.05, 0) is 18.9 Å². The van der Waals surface area contributed by atoms with Crippen LogP contribution >= 0.6 is 0 Å². The van der Waals surface area contributed by atoms with E-state index in [1.165, 1.54) is 19.3 Å². The number of aromatic amines is 1. The molecule has 3 aromatic heterocycles. The second-order valence-corrected chi connectivity index (χ2v) is 5.38. The highest BCUT2D eigenvalue weighted by Gasteiger charge is 2.13. The molecule has 0 spiro atoms. The Hall–Kier alpha value is -2.17. The highest BCUT2D eigenvalue weighted by Crippen LogP contribution is 2.26. The molecule has 3 rings (SSSR count). The Kier molecular flexibility index (Phi) is 3.99. The summed E-state index contributed by atoms with van der Waals surface area (Å²) in [6, 6.07) is 2.48. The van der Waals surface area contributed by atoms with Crippen molar-refractivity contribution in [2.75, 3.05) is 0 Å². The Balaban J connectivity index is 0.00000176. The molecular weight excluding hydrogens is 262 g/mol. The molecule has 0 radical (unpaired) electrons. The zero-order valence-electron chi connectivity index (χ0n) is 12.6. The van der Waals surface area contributed by atoms with Crippen molar-refractivity contribution >= 4 is 11.0 Å². The second-order valence-electron chi connectivity index (χ2n) is 5.38. The molecule has 0 aliphatic heterocycles. The minimum absolute atomic E-state index is 0. The SMILES string of the molecule is CCCCC(CC)n1cc(-c2ncnc3[nH]ccc23)cn1.[HH]. The molecule has 0 amide bonds. The summed E-state index contributed by atoms with van der Waals surface area (Å²) in [5.41, 5.74) is 2.86. The molecule has 0 saturated heterocycles. The minimum atomic E-state index is 0. The highest BCUT2D eigenvalue weighted by atomic mass is 15.3. The van der Waals surface area contributed by atoms with Gasteiger partial charge in [-0.1, -0.05) is 26.7 Å². The van der Waals surface area contributed by atoms with E-state index in [0.29, 0.717) is 6.04 Å². The molecule has 0 aromatic carbocycles. The molecule has 0 bridgehead atoms.